The number of methoxy groups -OCH3 is 2. The SMILES string of the molecule is COc1ccc(C(=O)NC2=NN(c3ccccc3)C(=O)C2)cc1OC. The first kappa shape index (κ1) is 16.5. The van der Waals surface area contributed by atoms with Crippen LogP contribution in [0.15, 0.2) is 53.6 Å². The summed E-state index contributed by atoms with van der Waals surface area (Å²) in [6.07, 6.45) is 0.0356. The van der Waals surface area contributed by atoms with Crippen LogP contribution < -0.4 is 19.8 Å². The van der Waals surface area contributed by atoms with E-state index in [2.05, 4.69) is 10.4 Å². The molecule has 7 heteroatoms. The van der Waals surface area contributed by atoms with E-state index in [1.807, 2.05) is 18.2 Å². The van der Waals surface area contributed by atoms with Crippen molar-refractivity contribution < 1.29 is 19.1 Å². The van der Waals surface area contributed by atoms with Gasteiger partial charge in [0.15, 0.2) is 11.5 Å². The standard InChI is InChI=1S/C18H17N3O4/c1-24-14-9-8-12(10-15(14)25-2)18(23)19-16-11-17(22)21(20-16)13-6-4-3-5-7-13/h3-10H,11H2,1-2H3,(H,19,20,23). The molecule has 25 heavy (non-hydrogen) atoms. The number of hydrogen-bond donors (Lipinski definition) is 1. The number of nitrogens with one attached hydrogen (secondary N) is 1. The van der Waals surface area contributed by atoms with Gasteiger partial charge in [0.2, 0.25) is 0 Å². The van der Waals surface area contributed by atoms with Crippen molar-refractivity contribution in [2.24, 2.45) is 5.10 Å². The van der Waals surface area contributed by atoms with Crippen molar-refractivity contribution in [2.45, 2.75) is 6.42 Å². The third-order valence-electron chi connectivity index (χ3n) is 3.68. The number of amides is 2. The molecule has 0 unspecified atom stereocenters. The summed E-state index contributed by atoms with van der Waals surface area (Å²) in [5.74, 6) is 0.707. The van der Waals surface area contributed by atoms with Gasteiger partial charge in [-0.05, 0) is 30.3 Å². The van der Waals surface area contributed by atoms with Gasteiger partial charge in [0.05, 0.1) is 26.3 Å². The molecule has 2 aromatic carbocycles. The zero-order chi connectivity index (χ0) is 17.8. The van der Waals surface area contributed by atoms with Crippen LogP contribution in [0, 0.1) is 0 Å². The lowest BCUT2D eigenvalue weighted by Gasteiger charge is -2.10. The van der Waals surface area contributed by atoms with Gasteiger partial charge in [-0.1, -0.05) is 18.2 Å². The third-order valence-corrected chi connectivity index (χ3v) is 3.68. The molecule has 7 nitrogen and oxygen atoms in total. The molecule has 0 atom stereocenters. The first-order chi connectivity index (χ1) is 12.1. The van der Waals surface area contributed by atoms with Gasteiger partial charge in [-0.15, -0.1) is 0 Å². The maximum absolute atomic E-state index is 12.4. The Bertz CT molecular complexity index is 833. The van der Waals surface area contributed by atoms with Gasteiger partial charge in [0.25, 0.3) is 11.8 Å². The molecule has 0 radical (unpaired) electrons. The van der Waals surface area contributed by atoms with Crippen LogP contribution in [0.5, 0.6) is 11.5 Å². The molecule has 1 heterocycles. The summed E-state index contributed by atoms with van der Waals surface area (Å²) in [5.41, 5.74) is 1.04. The Balaban J connectivity index is 1.76. The predicted octanol–water partition coefficient (Wildman–Crippen LogP) is 2.18. The minimum absolute atomic E-state index is 0.0356. The van der Waals surface area contributed by atoms with Crippen molar-refractivity contribution in [1.29, 1.82) is 0 Å². The van der Waals surface area contributed by atoms with Crippen LogP contribution in [0.3, 0.4) is 0 Å². The van der Waals surface area contributed by atoms with E-state index in [9.17, 15) is 9.59 Å². The van der Waals surface area contributed by atoms with Crippen molar-refractivity contribution in [1.82, 2.24) is 5.32 Å². The topological polar surface area (TPSA) is 80.2 Å². The molecule has 0 aromatic heterocycles. The Kier molecular flexibility index (Phi) is 4.65. The molecule has 1 N–H and O–H groups in total. The monoisotopic (exact) mass is 339 g/mol. The number of carbonyl (C=O) groups is 2. The van der Waals surface area contributed by atoms with Crippen molar-refractivity contribution in [3.63, 3.8) is 0 Å². The number of para-hydroxylation sites is 1. The van der Waals surface area contributed by atoms with Crippen LogP contribution >= 0.6 is 0 Å². The van der Waals surface area contributed by atoms with Gasteiger partial charge in [0, 0.05) is 5.56 Å². The molecule has 0 saturated heterocycles. The van der Waals surface area contributed by atoms with E-state index in [0.717, 1.165) is 0 Å². The zero-order valence-corrected chi connectivity index (χ0v) is 13.9. The van der Waals surface area contributed by atoms with E-state index in [1.54, 1.807) is 30.3 Å². The fraction of sp³-hybridized carbons (Fsp3) is 0.167. The minimum Gasteiger partial charge on any atom is -0.493 e. The molecule has 0 saturated carbocycles. The predicted molar refractivity (Wildman–Crippen MR) is 93.0 cm³/mol. The average Bonchev–Trinajstić information content (AvgIpc) is 3.01. The molecular weight excluding hydrogens is 322 g/mol. The second-order valence-electron chi connectivity index (χ2n) is 5.29. The first-order valence-electron chi connectivity index (χ1n) is 7.61. The van der Waals surface area contributed by atoms with Gasteiger partial charge < -0.3 is 14.8 Å². The second-order valence-corrected chi connectivity index (χ2v) is 5.29. The summed E-state index contributed by atoms with van der Waals surface area (Å²) in [7, 11) is 3.02. The fourth-order valence-electron chi connectivity index (χ4n) is 2.45. The molecule has 3 rings (SSSR count). The van der Waals surface area contributed by atoms with Crippen LogP contribution in [-0.2, 0) is 4.79 Å². The lowest BCUT2D eigenvalue weighted by Crippen LogP contribution is -2.29. The third kappa shape index (κ3) is 3.45. The molecule has 128 valence electrons. The summed E-state index contributed by atoms with van der Waals surface area (Å²) < 4.78 is 10.3. The van der Waals surface area contributed by atoms with Crippen molar-refractivity contribution in [3.05, 3.63) is 54.1 Å². The van der Waals surface area contributed by atoms with Crippen molar-refractivity contribution >= 4 is 23.3 Å². The Hall–Kier alpha value is -3.35. The molecule has 0 spiro atoms. The van der Waals surface area contributed by atoms with Gasteiger partial charge in [0.1, 0.15) is 5.84 Å². The highest BCUT2D eigenvalue weighted by atomic mass is 16.5. The summed E-state index contributed by atoms with van der Waals surface area (Å²) in [4.78, 5) is 24.5. The van der Waals surface area contributed by atoms with E-state index in [0.29, 0.717) is 28.6 Å². The number of ether oxygens (including phenoxy) is 2. The summed E-state index contributed by atoms with van der Waals surface area (Å²) in [5, 5.41) is 8.14. The number of rotatable bonds is 4. The van der Waals surface area contributed by atoms with E-state index in [4.69, 9.17) is 9.47 Å². The molecule has 1 aliphatic rings. The second kappa shape index (κ2) is 7.04. The Morgan fingerprint density at radius 2 is 1.80 bits per heavy atom. The highest BCUT2D eigenvalue weighted by Crippen LogP contribution is 2.27. The van der Waals surface area contributed by atoms with Gasteiger partial charge in [-0.3, -0.25) is 9.59 Å². The molecule has 0 aliphatic carbocycles. The fourth-order valence-corrected chi connectivity index (χ4v) is 2.45. The smallest absolute Gasteiger partial charge is 0.256 e. The number of anilines is 1. The van der Waals surface area contributed by atoms with Crippen LogP contribution in [0.1, 0.15) is 16.8 Å². The Morgan fingerprint density at radius 1 is 1.08 bits per heavy atom. The Morgan fingerprint density at radius 3 is 2.48 bits per heavy atom. The summed E-state index contributed by atoms with van der Waals surface area (Å²) in [6, 6.07) is 13.9. The van der Waals surface area contributed by atoms with Crippen molar-refractivity contribution in [3.8, 4) is 11.5 Å². The highest BCUT2D eigenvalue weighted by Gasteiger charge is 2.26. The summed E-state index contributed by atoms with van der Waals surface area (Å²) >= 11 is 0. The molecule has 1 aliphatic heterocycles. The molecular formula is C18H17N3O4. The zero-order valence-electron chi connectivity index (χ0n) is 13.9. The number of hydrazone groups is 1. The number of carbonyl (C=O) groups excluding carboxylic acids is 2. The molecule has 0 fully saturated rings. The van der Waals surface area contributed by atoms with E-state index < -0.39 is 0 Å². The average molecular weight is 339 g/mol. The number of benzene rings is 2. The molecule has 2 amide bonds. The Labute approximate surface area is 144 Å². The van der Waals surface area contributed by atoms with Crippen LogP contribution in [0.2, 0.25) is 0 Å². The minimum atomic E-state index is -0.373. The van der Waals surface area contributed by atoms with Crippen molar-refractivity contribution in [2.75, 3.05) is 19.2 Å². The van der Waals surface area contributed by atoms with E-state index >= 15 is 0 Å². The van der Waals surface area contributed by atoms with Gasteiger partial charge in [-0.25, -0.2) is 0 Å². The maximum atomic E-state index is 12.4. The lowest BCUT2D eigenvalue weighted by molar-refractivity contribution is -0.116. The van der Waals surface area contributed by atoms with Crippen LogP contribution in [-0.4, -0.2) is 31.9 Å². The highest BCUT2D eigenvalue weighted by molar-refractivity contribution is 6.17. The quantitative estimate of drug-likeness (QED) is 0.926. The maximum Gasteiger partial charge on any atom is 0.256 e. The normalized spacial score (nSPS) is 13.4. The summed E-state index contributed by atoms with van der Waals surface area (Å²) in [6.45, 7) is 0. The van der Waals surface area contributed by atoms with Gasteiger partial charge >= 0.3 is 0 Å². The largest absolute Gasteiger partial charge is 0.493 e. The number of amidine groups is 1. The number of hydrogen-bond acceptors (Lipinski definition) is 5. The van der Waals surface area contributed by atoms with Crippen LogP contribution in [0.4, 0.5) is 5.69 Å². The van der Waals surface area contributed by atoms with Crippen LogP contribution in [0.25, 0.3) is 0 Å². The molecule has 0 bridgehead atoms. The lowest BCUT2D eigenvalue weighted by atomic mass is 10.2. The molecule has 2 aromatic rings. The van der Waals surface area contributed by atoms with Gasteiger partial charge in [-0.2, -0.15) is 10.1 Å². The number of nitrogens with zero attached hydrogens (tertiary/aromatic N) is 2. The van der Waals surface area contributed by atoms with E-state index in [1.165, 1.54) is 19.2 Å². The van der Waals surface area contributed by atoms with E-state index in [-0.39, 0.29) is 18.2 Å². The first-order valence-corrected chi connectivity index (χ1v) is 7.61.